The van der Waals surface area contributed by atoms with Gasteiger partial charge in [-0.15, -0.1) is 0 Å². The van der Waals surface area contributed by atoms with Crippen LogP contribution in [0.5, 0.6) is 0 Å². The molecule has 0 aromatic heterocycles. The Morgan fingerprint density at radius 3 is 2.60 bits per heavy atom. The topological polar surface area (TPSA) is 70.7 Å². The minimum Gasteiger partial charge on any atom is -0.463 e. The van der Waals surface area contributed by atoms with Crippen molar-refractivity contribution in [1.82, 2.24) is 10.2 Å². The molecule has 1 atom stereocenters. The first-order chi connectivity index (χ1) is 14.3. The number of aryl methyl sites for hydroxylation is 1. The predicted molar refractivity (Wildman–Crippen MR) is 121 cm³/mol. The van der Waals surface area contributed by atoms with E-state index in [4.69, 9.17) is 17.0 Å². The van der Waals surface area contributed by atoms with Gasteiger partial charge in [0.1, 0.15) is 0 Å². The maximum absolute atomic E-state index is 12.7. The number of carbonyl (C=O) groups is 2. The number of anilines is 1. The molecule has 0 bridgehead atoms. The zero-order valence-corrected chi connectivity index (χ0v) is 18.3. The number of esters is 1. The maximum atomic E-state index is 12.7. The van der Waals surface area contributed by atoms with Gasteiger partial charge in [0.05, 0.1) is 18.2 Å². The fourth-order valence-corrected chi connectivity index (χ4v) is 3.64. The van der Waals surface area contributed by atoms with Crippen LogP contribution in [0.15, 0.2) is 59.8 Å². The average Bonchev–Trinajstić information content (AvgIpc) is 2.72. The number of amides is 1. The maximum Gasteiger partial charge on any atom is 0.338 e. The molecule has 0 saturated heterocycles. The summed E-state index contributed by atoms with van der Waals surface area (Å²) in [6.45, 7) is 5.79. The van der Waals surface area contributed by atoms with E-state index in [1.165, 1.54) is 0 Å². The smallest absolute Gasteiger partial charge is 0.338 e. The molecule has 3 rings (SSSR count). The van der Waals surface area contributed by atoms with Gasteiger partial charge in [0.15, 0.2) is 5.11 Å². The van der Waals surface area contributed by atoms with Crippen LogP contribution in [0, 0.1) is 6.92 Å². The van der Waals surface area contributed by atoms with Gasteiger partial charge in [-0.05, 0) is 62.3 Å². The molecule has 1 amide bonds. The lowest BCUT2D eigenvalue weighted by Crippen LogP contribution is -2.46. The van der Waals surface area contributed by atoms with E-state index in [-0.39, 0.29) is 12.5 Å². The van der Waals surface area contributed by atoms with Gasteiger partial charge in [-0.3, -0.25) is 4.79 Å². The monoisotopic (exact) mass is 423 g/mol. The standard InChI is InChI=1S/C23H25N3O3S/c1-5-29-22(28)19-15(3)26(4)23(30)25-20(19)16-10-8-11-17(13-16)24-21(27)18-12-7-6-9-14(18)2/h6-13,20H,5H2,1-4H3,(H,24,27)(H,25,30)/t20-/m1/s1. The second kappa shape index (κ2) is 9.09. The fraction of sp³-hybridized carbons (Fsp3) is 0.261. The average molecular weight is 424 g/mol. The van der Waals surface area contributed by atoms with Gasteiger partial charge in [-0.25, -0.2) is 4.79 Å². The minimum absolute atomic E-state index is 0.186. The first kappa shape index (κ1) is 21.5. The summed E-state index contributed by atoms with van der Waals surface area (Å²) in [4.78, 5) is 27.1. The summed E-state index contributed by atoms with van der Waals surface area (Å²) in [5.74, 6) is -0.578. The van der Waals surface area contributed by atoms with Crippen molar-refractivity contribution in [1.29, 1.82) is 0 Å². The number of hydrogen-bond acceptors (Lipinski definition) is 4. The zero-order valence-electron chi connectivity index (χ0n) is 17.5. The van der Waals surface area contributed by atoms with Crippen molar-refractivity contribution in [3.05, 3.63) is 76.5 Å². The van der Waals surface area contributed by atoms with Crippen LogP contribution in [0.2, 0.25) is 0 Å². The summed E-state index contributed by atoms with van der Waals surface area (Å²) in [5.41, 5.74) is 4.18. The fourth-order valence-electron chi connectivity index (χ4n) is 3.38. The molecule has 2 aromatic rings. The Labute approximate surface area is 181 Å². The number of allylic oxidation sites excluding steroid dienone is 1. The van der Waals surface area contributed by atoms with Crippen molar-refractivity contribution >= 4 is 34.9 Å². The molecule has 0 radical (unpaired) electrons. The molecular formula is C23H25N3O3S. The van der Waals surface area contributed by atoms with Crippen LogP contribution in [-0.4, -0.2) is 35.5 Å². The third-order valence-electron chi connectivity index (χ3n) is 5.12. The minimum atomic E-state index is -0.469. The van der Waals surface area contributed by atoms with Gasteiger partial charge in [0, 0.05) is 24.0 Å². The molecule has 30 heavy (non-hydrogen) atoms. The van der Waals surface area contributed by atoms with E-state index in [1.807, 2.05) is 56.3 Å². The Balaban J connectivity index is 1.93. The summed E-state index contributed by atoms with van der Waals surface area (Å²) in [6.07, 6.45) is 0. The van der Waals surface area contributed by atoms with Gasteiger partial charge < -0.3 is 20.3 Å². The quantitative estimate of drug-likeness (QED) is 0.561. The van der Waals surface area contributed by atoms with E-state index >= 15 is 0 Å². The molecule has 1 heterocycles. The third-order valence-corrected chi connectivity index (χ3v) is 5.51. The van der Waals surface area contributed by atoms with E-state index in [9.17, 15) is 9.59 Å². The van der Waals surface area contributed by atoms with Gasteiger partial charge in [-0.2, -0.15) is 0 Å². The largest absolute Gasteiger partial charge is 0.463 e. The van der Waals surface area contributed by atoms with Crippen LogP contribution < -0.4 is 10.6 Å². The molecule has 1 aliphatic rings. The Morgan fingerprint density at radius 1 is 1.17 bits per heavy atom. The summed E-state index contributed by atoms with van der Waals surface area (Å²) >= 11 is 5.43. The molecule has 156 valence electrons. The van der Waals surface area contributed by atoms with Gasteiger partial charge in [0.2, 0.25) is 0 Å². The Morgan fingerprint density at radius 2 is 1.90 bits per heavy atom. The van der Waals surface area contributed by atoms with Crippen LogP contribution in [0.25, 0.3) is 0 Å². The van der Waals surface area contributed by atoms with Crippen molar-refractivity contribution in [3.63, 3.8) is 0 Å². The number of ether oxygens (including phenoxy) is 1. The van der Waals surface area contributed by atoms with E-state index in [0.29, 0.717) is 21.9 Å². The second-order valence-corrected chi connectivity index (χ2v) is 7.44. The summed E-state index contributed by atoms with van der Waals surface area (Å²) < 4.78 is 5.28. The van der Waals surface area contributed by atoms with Crippen molar-refractivity contribution in [3.8, 4) is 0 Å². The van der Waals surface area contributed by atoms with Crippen LogP contribution in [-0.2, 0) is 9.53 Å². The molecule has 0 aliphatic carbocycles. The molecule has 6 nitrogen and oxygen atoms in total. The number of nitrogens with zero attached hydrogens (tertiary/aromatic N) is 1. The predicted octanol–water partition coefficient (Wildman–Crippen LogP) is 3.95. The lowest BCUT2D eigenvalue weighted by atomic mass is 9.94. The van der Waals surface area contributed by atoms with E-state index in [0.717, 1.165) is 16.8 Å². The highest BCUT2D eigenvalue weighted by atomic mass is 32.1. The molecular weight excluding hydrogens is 398 g/mol. The summed E-state index contributed by atoms with van der Waals surface area (Å²) in [6, 6.07) is 14.3. The van der Waals surface area contributed by atoms with Gasteiger partial charge >= 0.3 is 5.97 Å². The van der Waals surface area contributed by atoms with Crippen molar-refractivity contribution < 1.29 is 14.3 Å². The molecule has 1 aliphatic heterocycles. The lowest BCUT2D eigenvalue weighted by Gasteiger charge is -2.35. The van der Waals surface area contributed by atoms with E-state index in [2.05, 4.69) is 10.6 Å². The van der Waals surface area contributed by atoms with Crippen LogP contribution in [0.4, 0.5) is 5.69 Å². The molecule has 2 aromatic carbocycles. The number of hydrogen-bond donors (Lipinski definition) is 2. The number of benzene rings is 2. The van der Waals surface area contributed by atoms with Crippen LogP contribution in [0.3, 0.4) is 0 Å². The third kappa shape index (κ3) is 4.36. The van der Waals surface area contributed by atoms with E-state index < -0.39 is 12.0 Å². The highest BCUT2D eigenvalue weighted by Gasteiger charge is 2.33. The van der Waals surface area contributed by atoms with Crippen molar-refractivity contribution in [2.45, 2.75) is 26.8 Å². The number of thiocarbonyl (C=S) groups is 1. The molecule has 2 N–H and O–H groups in total. The number of carbonyl (C=O) groups excluding carboxylic acids is 2. The Bertz CT molecular complexity index is 1030. The summed E-state index contributed by atoms with van der Waals surface area (Å²) in [5, 5.41) is 6.66. The zero-order chi connectivity index (χ0) is 21.8. The first-order valence-corrected chi connectivity index (χ1v) is 10.1. The summed E-state index contributed by atoms with van der Waals surface area (Å²) in [7, 11) is 1.80. The SMILES string of the molecule is CCOC(=O)C1=C(C)N(C)C(=S)N[C@@H]1c1cccc(NC(=O)c2ccccc2C)c1. The number of nitrogens with one attached hydrogen (secondary N) is 2. The molecule has 0 saturated carbocycles. The molecule has 0 spiro atoms. The molecule has 0 unspecified atom stereocenters. The molecule has 7 heteroatoms. The van der Waals surface area contributed by atoms with Gasteiger partial charge in [-0.1, -0.05) is 30.3 Å². The molecule has 0 fully saturated rings. The van der Waals surface area contributed by atoms with Crippen molar-refractivity contribution in [2.75, 3.05) is 19.0 Å². The highest BCUT2D eigenvalue weighted by Crippen LogP contribution is 2.32. The first-order valence-electron chi connectivity index (χ1n) is 9.72. The highest BCUT2D eigenvalue weighted by molar-refractivity contribution is 7.80. The van der Waals surface area contributed by atoms with E-state index in [1.54, 1.807) is 24.9 Å². The lowest BCUT2D eigenvalue weighted by molar-refractivity contribution is -0.139. The van der Waals surface area contributed by atoms with Crippen LogP contribution in [0.1, 0.15) is 41.4 Å². The van der Waals surface area contributed by atoms with Crippen molar-refractivity contribution in [2.24, 2.45) is 0 Å². The Hall–Kier alpha value is -3.19. The van der Waals surface area contributed by atoms with Crippen LogP contribution >= 0.6 is 12.2 Å². The van der Waals surface area contributed by atoms with Gasteiger partial charge in [0.25, 0.3) is 5.91 Å². The normalized spacial score (nSPS) is 16.2. The second-order valence-electron chi connectivity index (χ2n) is 7.06. The number of rotatable bonds is 5. The Kier molecular flexibility index (Phi) is 6.52.